The highest BCUT2D eigenvalue weighted by molar-refractivity contribution is 7.88. The Morgan fingerprint density at radius 2 is 1.54 bits per heavy atom. The van der Waals surface area contributed by atoms with Crippen LogP contribution in [0.1, 0.15) is 25.8 Å². The normalized spacial score (nSPS) is 12.6. The lowest BCUT2D eigenvalue weighted by Gasteiger charge is -2.20. The average Bonchev–Trinajstić information content (AvgIpc) is 2.60. The maximum atomic E-state index is 12.5. The molecule has 1 amide bonds. The van der Waals surface area contributed by atoms with E-state index in [4.69, 9.17) is 0 Å². The Hall–Kier alpha value is -2.38. The molecule has 0 aromatic heterocycles. The number of carbonyl (C=O) groups is 1. The minimum absolute atomic E-state index is 0.155. The molecule has 6 nitrogen and oxygen atoms in total. The predicted octanol–water partition coefficient (Wildman–Crippen LogP) is 2.66. The van der Waals surface area contributed by atoms with Gasteiger partial charge in [0.25, 0.3) is 5.91 Å². The zero-order valence-electron chi connectivity index (χ0n) is 15.0. The predicted molar refractivity (Wildman–Crippen MR) is 104 cm³/mol. The van der Waals surface area contributed by atoms with E-state index in [0.717, 1.165) is 5.69 Å². The summed E-state index contributed by atoms with van der Waals surface area (Å²) in [6, 6.07) is 17.2. The van der Waals surface area contributed by atoms with Crippen molar-refractivity contribution >= 4 is 21.6 Å². The van der Waals surface area contributed by atoms with Crippen LogP contribution in [-0.2, 0) is 20.6 Å². The van der Waals surface area contributed by atoms with E-state index in [1.54, 1.807) is 36.4 Å². The molecule has 0 saturated heterocycles. The number of amides is 1. The zero-order chi connectivity index (χ0) is 19.0. The van der Waals surface area contributed by atoms with E-state index >= 15 is 0 Å². The summed E-state index contributed by atoms with van der Waals surface area (Å²) in [5.74, 6) is -0.428. The van der Waals surface area contributed by atoms with Crippen LogP contribution in [0.2, 0.25) is 0 Å². The second kappa shape index (κ2) is 9.35. The zero-order valence-corrected chi connectivity index (χ0v) is 15.8. The fourth-order valence-electron chi connectivity index (χ4n) is 2.47. The third-order valence-corrected chi connectivity index (χ3v) is 5.01. The molecule has 0 aliphatic heterocycles. The second-order valence-corrected chi connectivity index (χ2v) is 8.28. The standard InChI is InChI=1S/C19H25N3O3S/c1-15(2)13-18(19(23)21-20-17-11-7-4-8-12-17)22-26(24,25)14-16-9-5-3-6-10-16/h3-12,15,18,20,22H,13-14H2,1-2H3,(H,21,23). The Labute approximate surface area is 155 Å². The summed E-state index contributed by atoms with van der Waals surface area (Å²) in [6.45, 7) is 3.88. The third kappa shape index (κ3) is 6.85. The van der Waals surface area contributed by atoms with Crippen molar-refractivity contribution in [2.24, 2.45) is 5.92 Å². The minimum atomic E-state index is -3.65. The molecule has 0 aliphatic rings. The van der Waals surface area contributed by atoms with Gasteiger partial charge in [0.2, 0.25) is 10.0 Å². The molecule has 1 unspecified atom stereocenters. The maximum Gasteiger partial charge on any atom is 0.256 e. The average molecular weight is 375 g/mol. The lowest BCUT2D eigenvalue weighted by Crippen LogP contribution is -2.49. The van der Waals surface area contributed by atoms with Crippen LogP contribution in [0.5, 0.6) is 0 Å². The molecule has 0 bridgehead atoms. The maximum absolute atomic E-state index is 12.5. The molecule has 0 saturated carbocycles. The van der Waals surface area contributed by atoms with Crippen LogP contribution in [0.25, 0.3) is 0 Å². The first-order valence-corrected chi connectivity index (χ1v) is 10.2. The van der Waals surface area contributed by atoms with E-state index in [9.17, 15) is 13.2 Å². The SMILES string of the molecule is CC(C)CC(NS(=O)(=O)Cc1ccccc1)C(=O)NNc1ccccc1. The number of sulfonamides is 1. The number of para-hydroxylation sites is 1. The smallest absolute Gasteiger partial charge is 0.256 e. The first-order valence-electron chi connectivity index (χ1n) is 8.50. The van der Waals surface area contributed by atoms with E-state index < -0.39 is 22.0 Å². The summed E-state index contributed by atoms with van der Waals surface area (Å²) in [7, 11) is -3.65. The Balaban J connectivity index is 2.02. The van der Waals surface area contributed by atoms with Gasteiger partial charge in [0.05, 0.1) is 11.4 Å². The van der Waals surface area contributed by atoms with Crippen LogP contribution in [0.4, 0.5) is 5.69 Å². The van der Waals surface area contributed by atoms with Crippen molar-refractivity contribution in [3.05, 3.63) is 66.2 Å². The molecule has 0 radical (unpaired) electrons. The van der Waals surface area contributed by atoms with Gasteiger partial charge in [0.1, 0.15) is 6.04 Å². The number of nitrogens with one attached hydrogen (secondary N) is 3. The van der Waals surface area contributed by atoms with Crippen molar-refractivity contribution in [2.75, 3.05) is 5.43 Å². The molecular weight excluding hydrogens is 350 g/mol. The molecule has 140 valence electrons. The van der Waals surface area contributed by atoms with Crippen molar-refractivity contribution in [1.82, 2.24) is 10.1 Å². The van der Waals surface area contributed by atoms with E-state index in [1.807, 2.05) is 38.1 Å². The fraction of sp³-hybridized carbons (Fsp3) is 0.316. The first-order chi connectivity index (χ1) is 12.4. The van der Waals surface area contributed by atoms with Gasteiger partial charge in [0, 0.05) is 0 Å². The monoisotopic (exact) mass is 375 g/mol. The summed E-state index contributed by atoms with van der Waals surface area (Å²) in [5.41, 5.74) is 6.77. The van der Waals surface area contributed by atoms with Crippen molar-refractivity contribution < 1.29 is 13.2 Å². The minimum Gasteiger partial charge on any atom is -0.299 e. The van der Waals surface area contributed by atoms with Gasteiger partial charge in [0.15, 0.2) is 0 Å². The molecule has 2 aromatic rings. The largest absolute Gasteiger partial charge is 0.299 e. The summed E-state index contributed by atoms with van der Waals surface area (Å²) >= 11 is 0. The summed E-state index contributed by atoms with van der Waals surface area (Å²) in [6.07, 6.45) is 0.399. The fourth-order valence-corrected chi connectivity index (χ4v) is 3.83. The van der Waals surface area contributed by atoms with Gasteiger partial charge >= 0.3 is 0 Å². The first kappa shape index (κ1) is 19.9. The van der Waals surface area contributed by atoms with Crippen LogP contribution in [-0.4, -0.2) is 20.4 Å². The van der Waals surface area contributed by atoms with Gasteiger partial charge in [-0.25, -0.2) is 13.1 Å². The van der Waals surface area contributed by atoms with Crippen LogP contribution < -0.4 is 15.6 Å². The highest BCUT2D eigenvalue weighted by Gasteiger charge is 2.25. The van der Waals surface area contributed by atoms with E-state index in [0.29, 0.717) is 12.0 Å². The molecule has 2 rings (SSSR count). The summed E-state index contributed by atoms with van der Waals surface area (Å²) in [5, 5.41) is 0. The van der Waals surface area contributed by atoms with Gasteiger partial charge in [-0.1, -0.05) is 62.4 Å². The van der Waals surface area contributed by atoms with Gasteiger partial charge < -0.3 is 0 Å². The number of benzene rings is 2. The lowest BCUT2D eigenvalue weighted by atomic mass is 10.0. The lowest BCUT2D eigenvalue weighted by molar-refractivity contribution is -0.122. The highest BCUT2D eigenvalue weighted by Crippen LogP contribution is 2.10. The molecule has 3 N–H and O–H groups in total. The molecule has 0 heterocycles. The molecule has 2 aromatic carbocycles. The van der Waals surface area contributed by atoms with E-state index in [1.165, 1.54) is 0 Å². The van der Waals surface area contributed by atoms with Gasteiger partial charge in [-0.2, -0.15) is 0 Å². The quantitative estimate of drug-likeness (QED) is 0.588. The number of carbonyl (C=O) groups excluding carboxylic acids is 1. The Bertz CT molecular complexity index is 793. The summed E-state index contributed by atoms with van der Waals surface area (Å²) in [4.78, 5) is 12.5. The second-order valence-electron chi connectivity index (χ2n) is 6.52. The van der Waals surface area contributed by atoms with E-state index in [-0.39, 0.29) is 11.7 Å². The molecule has 7 heteroatoms. The molecule has 26 heavy (non-hydrogen) atoms. The number of rotatable bonds is 9. The van der Waals surface area contributed by atoms with Gasteiger partial charge in [-0.05, 0) is 30.0 Å². The van der Waals surface area contributed by atoms with Crippen LogP contribution >= 0.6 is 0 Å². The number of hydrogen-bond donors (Lipinski definition) is 3. The van der Waals surface area contributed by atoms with Crippen molar-refractivity contribution in [1.29, 1.82) is 0 Å². The Kier molecular flexibility index (Phi) is 7.17. The highest BCUT2D eigenvalue weighted by atomic mass is 32.2. The van der Waals surface area contributed by atoms with Gasteiger partial charge in [-0.15, -0.1) is 0 Å². The molecule has 0 aliphatic carbocycles. The van der Waals surface area contributed by atoms with Crippen molar-refractivity contribution in [3.63, 3.8) is 0 Å². The van der Waals surface area contributed by atoms with Crippen LogP contribution in [0.15, 0.2) is 60.7 Å². The topological polar surface area (TPSA) is 87.3 Å². The molecular formula is C19H25N3O3S. The van der Waals surface area contributed by atoms with Crippen LogP contribution in [0, 0.1) is 5.92 Å². The molecule has 0 spiro atoms. The van der Waals surface area contributed by atoms with Gasteiger partial charge in [-0.3, -0.25) is 15.6 Å². The molecule has 0 fully saturated rings. The number of anilines is 1. The van der Waals surface area contributed by atoms with Crippen molar-refractivity contribution in [3.8, 4) is 0 Å². The van der Waals surface area contributed by atoms with Crippen molar-refractivity contribution in [2.45, 2.75) is 32.1 Å². The summed E-state index contributed by atoms with van der Waals surface area (Å²) < 4.78 is 27.4. The van der Waals surface area contributed by atoms with Crippen LogP contribution in [0.3, 0.4) is 0 Å². The van der Waals surface area contributed by atoms with E-state index in [2.05, 4.69) is 15.6 Å². The number of hydrazine groups is 1. The Morgan fingerprint density at radius 3 is 2.12 bits per heavy atom. The third-order valence-electron chi connectivity index (χ3n) is 3.65. The Morgan fingerprint density at radius 1 is 0.962 bits per heavy atom. The molecule has 1 atom stereocenters. The number of hydrogen-bond acceptors (Lipinski definition) is 4.